The van der Waals surface area contributed by atoms with Crippen molar-refractivity contribution in [1.29, 1.82) is 0 Å². The summed E-state index contributed by atoms with van der Waals surface area (Å²) >= 11 is 0. The first-order valence-corrected chi connectivity index (χ1v) is 5.87. The van der Waals surface area contributed by atoms with E-state index in [1.54, 1.807) is 18.5 Å². The molecule has 1 N–H and O–H groups in total. The average Bonchev–Trinajstić information content (AvgIpc) is 3.07. The van der Waals surface area contributed by atoms with Gasteiger partial charge in [0.2, 0.25) is 0 Å². The summed E-state index contributed by atoms with van der Waals surface area (Å²) in [6.07, 6.45) is -0.850. The Morgan fingerprint density at radius 3 is 2.81 bits per heavy atom. The molecule has 3 heterocycles. The Morgan fingerprint density at radius 2 is 2.14 bits per heavy atom. The molecule has 3 aromatic rings. The highest BCUT2D eigenvalue weighted by molar-refractivity contribution is 5.47. The fraction of sp³-hybridized carbons (Fsp3) is 0.167. The van der Waals surface area contributed by atoms with Gasteiger partial charge in [-0.2, -0.15) is 23.3 Å². The van der Waals surface area contributed by atoms with E-state index in [-0.39, 0.29) is 11.6 Å². The number of pyridine rings is 1. The van der Waals surface area contributed by atoms with E-state index in [0.29, 0.717) is 12.2 Å². The minimum atomic E-state index is -4.50. The van der Waals surface area contributed by atoms with E-state index in [0.717, 1.165) is 11.6 Å². The maximum absolute atomic E-state index is 12.5. The molecule has 0 spiro atoms. The Morgan fingerprint density at radius 1 is 1.29 bits per heavy atom. The number of rotatable bonds is 3. The van der Waals surface area contributed by atoms with Gasteiger partial charge in [0.1, 0.15) is 5.69 Å². The first-order chi connectivity index (χ1) is 10.0. The normalized spacial score (nSPS) is 11.8. The van der Waals surface area contributed by atoms with Gasteiger partial charge in [-0.05, 0) is 11.6 Å². The highest BCUT2D eigenvalue weighted by Gasteiger charge is 2.33. The van der Waals surface area contributed by atoms with E-state index in [1.165, 1.54) is 0 Å². The van der Waals surface area contributed by atoms with Crippen LogP contribution in [0.3, 0.4) is 0 Å². The van der Waals surface area contributed by atoms with Gasteiger partial charge in [0.25, 0.3) is 5.89 Å². The number of alkyl halides is 3. The van der Waals surface area contributed by atoms with Gasteiger partial charge in [0.05, 0.1) is 0 Å². The van der Waals surface area contributed by atoms with Crippen LogP contribution in [-0.2, 0) is 12.6 Å². The van der Waals surface area contributed by atoms with E-state index in [1.807, 2.05) is 11.2 Å². The van der Waals surface area contributed by atoms with Crippen molar-refractivity contribution in [3.05, 3.63) is 47.7 Å². The van der Waals surface area contributed by atoms with E-state index in [9.17, 15) is 13.2 Å². The zero-order valence-electron chi connectivity index (χ0n) is 10.4. The van der Waals surface area contributed by atoms with Gasteiger partial charge in [-0.3, -0.25) is 10.1 Å². The molecule has 108 valence electrons. The molecule has 0 atom stereocenters. The second kappa shape index (κ2) is 5.00. The molecular weight excluding hydrogens is 287 g/mol. The summed E-state index contributed by atoms with van der Waals surface area (Å²) in [5.41, 5.74) is -0.153. The van der Waals surface area contributed by atoms with Crippen molar-refractivity contribution in [2.75, 3.05) is 0 Å². The minimum Gasteiger partial charge on any atom is -0.332 e. The molecule has 0 saturated carbocycles. The van der Waals surface area contributed by atoms with Crippen LogP contribution in [0.4, 0.5) is 13.2 Å². The first-order valence-electron chi connectivity index (χ1n) is 5.87. The number of hydrogen-bond donors (Lipinski definition) is 1. The molecule has 0 radical (unpaired) electrons. The van der Waals surface area contributed by atoms with Gasteiger partial charge in [-0.15, -0.1) is 0 Å². The highest BCUT2D eigenvalue weighted by atomic mass is 19.4. The number of hydrogen-bond acceptors (Lipinski definition) is 5. The minimum absolute atomic E-state index is 0.0488. The average molecular weight is 295 g/mol. The molecule has 21 heavy (non-hydrogen) atoms. The number of nitrogens with zero attached hydrogens (tertiary/aromatic N) is 4. The van der Waals surface area contributed by atoms with Gasteiger partial charge in [0.15, 0.2) is 11.5 Å². The third-order valence-electron chi connectivity index (χ3n) is 2.66. The molecule has 3 aromatic heterocycles. The summed E-state index contributed by atoms with van der Waals surface area (Å²) < 4.78 is 42.3. The van der Waals surface area contributed by atoms with Gasteiger partial charge in [0, 0.05) is 24.9 Å². The van der Waals surface area contributed by atoms with Crippen molar-refractivity contribution in [2.45, 2.75) is 12.6 Å². The predicted molar refractivity (Wildman–Crippen MR) is 63.9 cm³/mol. The van der Waals surface area contributed by atoms with Crippen LogP contribution in [0.15, 0.2) is 35.1 Å². The number of H-pyrrole nitrogens is 1. The summed E-state index contributed by atoms with van der Waals surface area (Å²) in [5, 5.41) is 9.12. The number of halogens is 3. The molecule has 9 heteroatoms. The summed E-state index contributed by atoms with van der Waals surface area (Å²) in [7, 11) is 0. The zero-order valence-corrected chi connectivity index (χ0v) is 10.4. The maximum Gasteiger partial charge on any atom is 0.432 e. The molecule has 0 aromatic carbocycles. The predicted octanol–water partition coefficient (Wildman–Crippen LogP) is 2.46. The Hall–Kier alpha value is -2.71. The summed E-state index contributed by atoms with van der Waals surface area (Å²) in [6, 6.07) is 4.42. The van der Waals surface area contributed by atoms with Gasteiger partial charge >= 0.3 is 6.18 Å². The van der Waals surface area contributed by atoms with Crippen LogP contribution in [-0.4, -0.2) is 25.3 Å². The van der Waals surface area contributed by atoms with Crippen LogP contribution in [0.25, 0.3) is 11.6 Å². The van der Waals surface area contributed by atoms with E-state index in [4.69, 9.17) is 4.52 Å². The molecule has 0 amide bonds. The smallest absolute Gasteiger partial charge is 0.332 e. The lowest BCUT2D eigenvalue weighted by Gasteiger charge is -1.99. The zero-order chi connectivity index (χ0) is 14.9. The lowest BCUT2D eigenvalue weighted by Crippen LogP contribution is -2.04. The number of nitrogens with one attached hydrogen (secondary N) is 1. The molecule has 0 fully saturated rings. The maximum atomic E-state index is 12.5. The van der Waals surface area contributed by atoms with Crippen molar-refractivity contribution < 1.29 is 17.7 Å². The summed E-state index contributed by atoms with van der Waals surface area (Å²) in [5.74, 6) is 0.273. The van der Waals surface area contributed by atoms with Crippen LogP contribution in [0.2, 0.25) is 0 Å². The molecule has 0 bridgehead atoms. The topological polar surface area (TPSA) is 80.5 Å². The van der Waals surface area contributed by atoms with E-state index in [2.05, 4.69) is 20.2 Å². The van der Waals surface area contributed by atoms with Crippen molar-refractivity contribution >= 4 is 0 Å². The lowest BCUT2D eigenvalue weighted by molar-refractivity contribution is -0.141. The molecule has 0 saturated heterocycles. The second-order valence-electron chi connectivity index (χ2n) is 4.22. The van der Waals surface area contributed by atoms with Crippen LogP contribution in [0, 0.1) is 0 Å². The first kappa shape index (κ1) is 13.3. The summed E-state index contributed by atoms with van der Waals surface area (Å²) in [6.45, 7) is 0. The highest BCUT2D eigenvalue weighted by Crippen LogP contribution is 2.29. The summed E-state index contributed by atoms with van der Waals surface area (Å²) in [4.78, 5) is 7.96. The van der Waals surface area contributed by atoms with Crippen molar-refractivity contribution in [3.8, 4) is 11.6 Å². The monoisotopic (exact) mass is 295 g/mol. The Bertz CT molecular complexity index is 735. The standard InChI is InChI=1S/C12H8F3N5O/c13-12(14,15)9-5-8(18-19-9)11-17-10(20-21-11)4-7-2-1-3-16-6-7/h1-3,5-6H,4H2,(H,18,19). The fourth-order valence-electron chi connectivity index (χ4n) is 1.69. The Kier molecular flexibility index (Phi) is 3.16. The molecule has 0 aliphatic rings. The Labute approximate surface area is 116 Å². The quantitative estimate of drug-likeness (QED) is 0.802. The molecule has 3 rings (SSSR count). The largest absolute Gasteiger partial charge is 0.432 e. The molecular formula is C12H8F3N5O. The van der Waals surface area contributed by atoms with Crippen LogP contribution >= 0.6 is 0 Å². The van der Waals surface area contributed by atoms with Crippen molar-refractivity contribution in [1.82, 2.24) is 25.3 Å². The molecule has 0 aliphatic carbocycles. The second-order valence-corrected chi connectivity index (χ2v) is 4.22. The van der Waals surface area contributed by atoms with Gasteiger partial charge in [-0.1, -0.05) is 11.2 Å². The van der Waals surface area contributed by atoms with E-state index >= 15 is 0 Å². The van der Waals surface area contributed by atoms with Crippen molar-refractivity contribution in [3.63, 3.8) is 0 Å². The molecule has 6 nitrogen and oxygen atoms in total. The van der Waals surface area contributed by atoms with Crippen molar-refractivity contribution in [2.24, 2.45) is 0 Å². The fourth-order valence-corrected chi connectivity index (χ4v) is 1.69. The van der Waals surface area contributed by atoms with E-state index < -0.39 is 11.9 Å². The third-order valence-corrected chi connectivity index (χ3v) is 2.66. The molecule has 0 unspecified atom stereocenters. The van der Waals surface area contributed by atoms with Crippen LogP contribution < -0.4 is 0 Å². The van der Waals surface area contributed by atoms with Crippen LogP contribution in [0.1, 0.15) is 17.1 Å². The van der Waals surface area contributed by atoms with Crippen LogP contribution in [0.5, 0.6) is 0 Å². The SMILES string of the molecule is FC(F)(F)c1cc(-c2nc(Cc3cccnc3)no2)n[nH]1. The molecule has 0 aliphatic heterocycles. The Balaban J connectivity index is 1.80. The van der Waals surface area contributed by atoms with Gasteiger partial charge < -0.3 is 4.52 Å². The third kappa shape index (κ3) is 2.91. The number of aromatic amines is 1. The number of aromatic nitrogens is 5. The van der Waals surface area contributed by atoms with Gasteiger partial charge in [-0.25, -0.2) is 0 Å². The lowest BCUT2D eigenvalue weighted by atomic mass is 10.2.